The highest BCUT2D eigenvalue weighted by atomic mass is 35.5. The van der Waals surface area contributed by atoms with Gasteiger partial charge in [-0.05, 0) is 41.3 Å². The lowest BCUT2D eigenvalue weighted by atomic mass is 9.87. The molecule has 0 fully saturated rings. The number of imidazole rings is 1. The van der Waals surface area contributed by atoms with Gasteiger partial charge >= 0.3 is 5.97 Å². The maximum atomic E-state index is 12.2. The molecule has 8 heteroatoms. The van der Waals surface area contributed by atoms with E-state index in [1.807, 2.05) is 47.0 Å². The van der Waals surface area contributed by atoms with E-state index in [4.69, 9.17) is 20.8 Å². The molecule has 0 aliphatic rings. The van der Waals surface area contributed by atoms with Crippen LogP contribution in [-0.4, -0.2) is 38.0 Å². The molecule has 1 aromatic heterocycles. The quantitative estimate of drug-likeness (QED) is 0.218. The van der Waals surface area contributed by atoms with Gasteiger partial charge in [-0.3, -0.25) is 4.79 Å². The lowest BCUT2D eigenvalue weighted by Gasteiger charge is -2.33. The Labute approximate surface area is 207 Å². The molecule has 2 aromatic carbocycles. The van der Waals surface area contributed by atoms with E-state index >= 15 is 0 Å². The van der Waals surface area contributed by atoms with Gasteiger partial charge in [-0.1, -0.05) is 74.8 Å². The van der Waals surface area contributed by atoms with Crippen LogP contribution in [-0.2, 0) is 15.7 Å². The van der Waals surface area contributed by atoms with E-state index in [0.29, 0.717) is 17.3 Å². The minimum Gasteiger partial charge on any atom is -0.465 e. The fourth-order valence-electron chi connectivity index (χ4n) is 3.90. The Kier molecular flexibility index (Phi) is 8.12. The maximum Gasteiger partial charge on any atom is 0.338 e. The van der Waals surface area contributed by atoms with Gasteiger partial charge in [0.05, 0.1) is 24.5 Å². The standard InChI is InChI=1S/C26H31ClN2O4Si/c1-26(2,3)23(33-34(5)6)22-24(27)28-21(16-30)29(22)15-17-11-13-18(14-12-17)19-9-7-8-10-20(19)25(31)32-4/h7-14,16,23,34H,15H2,1-6H3. The lowest BCUT2D eigenvalue weighted by Crippen LogP contribution is -2.28. The molecule has 0 bridgehead atoms. The van der Waals surface area contributed by atoms with Gasteiger partial charge in [0.2, 0.25) is 0 Å². The number of methoxy groups -OCH3 is 1. The zero-order valence-corrected chi connectivity index (χ0v) is 22.4. The molecule has 34 heavy (non-hydrogen) atoms. The van der Waals surface area contributed by atoms with Gasteiger partial charge in [-0.25, -0.2) is 9.78 Å². The van der Waals surface area contributed by atoms with Gasteiger partial charge in [0.15, 0.2) is 26.3 Å². The van der Waals surface area contributed by atoms with E-state index in [2.05, 4.69) is 38.8 Å². The topological polar surface area (TPSA) is 70.4 Å². The summed E-state index contributed by atoms with van der Waals surface area (Å²) in [5.41, 5.74) is 3.65. The molecule has 3 rings (SSSR count). The Morgan fingerprint density at radius 1 is 1.15 bits per heavy atom. The van der Waals surface area contributed by atoms with E-state index in [-0.39, 0.29) is 23.3 Å². The number of nitrogens with zero attached hydrogens (tertiary/aromatic N) is 2. The van der Waals surface area contributed by atoms with Crippen LogP contribution < -0.4 is 0 Å². The van der Waals surface area contributed by atoms with Crippen molar-refractivity contribution in [3.8, 4) is 11.1 Å². The van der Waals surface area contributed by atoms with Crippen molar-refractivity contribution in [3.05, 3.63) is 76.3 Å². The first kappa shape index (κ1) is 25.9. The Bertz CT molecular complexity index is 1170. The first-order valence-electron chi connectivity index (χ1n) is 11.2. The summed E-state index contributed by atoms with van der Waals surface area (Å²) in [6.07, 6.45) is 0.433. The third kappa shape index (κ3) is 5.66. The summed E-state index contributed by atoms with van der Waals surface area (Å²) < 4.78 is 13.1. The molecule has 1 atom stereocenters. The van der Waals surface area contributed by atoms with Gasteiger partial charge in [0.25, 0.3) is 0 Å². The van der Waals surface area contributed by atoms with Crippen molar-refractivity contribution in [3.63, 3.8) is 0 Å². The molecular weight excluding hydrogens is 468 g/mol. The van der Waals surface area contributed by atoms with E-state index in [1.54, 1.807) is 6.07 Å². The second kappa shape index (κ2) is 10.7. The second-order valence-corrected chi connectivity index (χ2v) is 12.2. The van der Waals surface area contributed by atoms with Crippen LogP contribution in [0.3, 0.4) is 0 Å². The normalized spacial score (nSPS) is 12.6. The zero-order chi connectivity index (χ0) is 25.0. The molecule has 0 radical (unpaired) electrons. The number of hydrogen-bond acceptors (Lipinski definition) is 5. The number of ether oxygens (including phenoxy) is 1. The number of rotatable bonds is 8. The summed E-state index contributed by atoms with van der Waals surface area (Å²) in [6, 6.07) is 15.2. The van der Waals surface area contributed by atoms with Gasteiger partial charge in [0, 0.05) is 6.54 Å². The highest BCUT2D eigenvalue weighted by Gasteiger charge is 2.34. The maximum absolute atomic E-state index is 12.2. The molecule has 180 valence electrons. The van der Waals surface area contributed by atoms with E-state index < -0.39 is 9.04 Å². The zero-order valence-electron chi connectivity index (χ0n) is 20.5. The Morgan fingerprint density at radius 3 is 2.35 bits per heavy atom. The molecule has 6 nitrogen and oxygen atoms in total. The van der Waals surface area contributed by atoms with Crippen LogP contribution in [0, 0.1) is 5.41 Å². The molecule has 0 saturated carbocycles. The predicted molar refractivity (Wildman–Crippen MR) is 137 cm³/mol. The number of carbonyl (C=O) groups is 2. The summed E-state index contributed by atoms with van der Waals surface area (Å²) in [7, 11) is -0.0354. The third-order valence-corrected chi connectivity index (χ3v) is 6.57. The van der Waals surface area contributed by atoms with Crippen LogP contribution in [0.15, 0.2) is 48.5 Å². The third-order valence-electron chi connectivity index (χ3n) is 5.48. The minimum absolute atomic E-state index is 0.236. The van der Waals surface area contributed by atoms with Crippen molar-refractivity contribution in [2.75, 3.05) is 7.11 Å². The number of hydrogen-bond donors (Lipinski definition) is 0. The van der Waals surface area contributed by atoms with Crippen LogP contribution in [0.1, 0.15) is 59.1 Å². The fraction of sp³-hybridized carbons (Fsp3) is 0.346. The smallest absolute Gasteiger partial charge is 0.338 e. The van der Waals surface area contributed by atoms with Gasteiger partial charge in [-0.15, -0.1) is 0 Å². The minimum atomic E-state index is -1.41. The Hall–Kier alpha value is -2.74. The molecular formula is C26H31ClN2O4Si. The van der Waals surface area contributed by atoms with E-state index in [1.165, 1.54) is 7.11 Å². The molecule has 1 unspecified atom stereocenters. The number of benzene rings is 2. The fourth-order valence-corrected chi connectivity index (χ4v) is 5.27. The monoisotopic (exact) mass is 498 g/mol. The van der Waals surface area contributed by atoms with Crippen molar-refractivity contribution in [1.82, 2.24) is 9.55 Å². The van der Waals surface area contributed by atoms with Crippen molar-refractivity contribution in [2.24, 2.45) is 5.41 Å². The van der Waals surface area contributed by atoms with Crippen molar-refractivity contribution in [1.29, 1.82) is 0 Å². The van der Waals surface area contributed by atoms with E-state index in [0.717, 1.165) is 28.7 Å². The summed E-state index contributed by atoms with van der Waals surface area (Å²) >= 11 is 6.55. The van der Waals surface area contributed by atoms with E-state index in [9.17, 15) is 9.59 Å². The Balaban J connectivity index is 2.00. The first-order chi connectivity index (χ1) is 16.1. The van der Waals surface area contributed by atoms with Crippen LogP contribution in [0.4, 0.5) is 0 Å². The average molecular weight is 499 g/mol. The summed E-state index contributed by atoms with van der Waals surface area (Å²) in [4.78, 5) is 28.3. The first-order valence-corrected chi connectivity index (χ1v) is 14.4. The van der Waals surface area contributed by atoms with Gasteiger partial charge in [-0.2, -0.15) is 0 Å². The summed E-state index contributed by atoms with van der Waals surface area (Å²) in [6.45, 7) is 10.9. The number of carbonyl (C=O) groups excluding carboxylic acids is 2. The molecule has 0 aliphatic carbocycles. The van der Waals surface area contributed by atoms with Crippen molar-refractivity contribution >= 4 is 32.9 Å². The highest BCUT2D eigenvalue weighted by Crippen LogP contribution is 2.40. The SMILES string of the molecule is COC(=O)c1ccccc1-c1ccc(Cn2c(C=O)nc(Cl)c2C(O[SiH](C)C)C(C)(C)C)cc1. The number of aldehydes is 1. The molecule has 0 N–H and O–H groups in total. The highest BCUT2D eigenvalue weighted by molar-refractivity contribution is 6.48. The summed E-state index contributed by atoms with van der Waals surface area (Å²) in [5, 5.41) is 0.292. The molecule has 3 aromatic rings. The van der Waals surface area contributed by atoms with Crippen LogP contribution >= 0.6 is 11.6 Å². The molecule has 0 amide bonds. The molecule has 0 saturated heterocycles. The average Bonchev–Trinajstić information content (AvgIpc) is 3.11. The van der Waals surface area contributed by atoms with Crippen LogP contribution in [0.5, 0.6) is 0 Å². The van der Waals surface area contributed by atoms with Gasteiger partial charge < -0.3 is 13.7 Å². The molecule has 0 spiro atoms. The molecule has 0 aliphatic heterocycles. The van der Waals surface area contributed by atoms with Crippen LogP contribution in [0.2, 0.25) is 18.2 Å². The number of esters is 1. The molecule has 1 heterocycles. The van der Waals surface area contributed by atoms with Crippen LogP contribution in [0.25, 0.3) is 11.1 Å². The number of aromatic nitrogens is 2. The number of halogens is 1. The van der Waals surface area contributed by atoms with Gasteiger partial charge in [0.1, 0.15) is 0 Å². The lowest BCUT2D eigenvalue weighted by molar-refractivity contribution is 0.0601. The van der Waals surface area contributed by atoms with Crippen molar-refractivity contribution in [2.45, 2.75) is 46.5 Å². The second-order valence-electron chi connectivity index (χ2n) is 9.52. The largest absolute Gasteiger partial charge is 0.465 e. The predicted octanol–water partition coefficient (Wildman–Crippen LogP) is 5.94. The van der Waals surface area contributed by atoms with Crippen molar-refractivity contribution < 1.29 is 18.8 Å². The Morgan fingerprint density at radius 2 is 1.79 bits per heavy atom. The summed E-state index contributed by atoms with van der Waals surface area (Å²) in [5.74, 6) is -0.113.